The Kier molecular flexibility index (Phi) is 5.12. The van der Waals surface area contributed by atoms with Crippen LogP contribution in [0.4, 0.5) is 4.79 Å². The van der Waals surface area contributed by atoms with Crippen LogP contribution in [0.1, 0.15) is 30.7 Å². The average Bonchev–Trinajstić information content (AvgIpc) is 2.31. The molecule has 0 amide bonds. The summed E-state index contributed by atoms with van der Waals surface area (Å²) in [7, 11) is 0. The van der Waals surface area contributed by atoms with Gasteiger partial charge < -0.3 is 10.2 Å². The first-order valence-electron chi connectivity index (χ1n) is 5.32. The molecule has 16 heavy (non-hydrogen) atoms. The number of benzene rings is 1. The molecule has 1 unspecified atom stereocenters. The molecule has 0 aromatic heterocycles. The summed E-state index contributed by atoms with van der Waals surface area (Å²) in [4.78, 5) is 8.56. The quantitative estimate of drug-likeness (QED) is 0.709. The number of rotatable bonds is 1. The molecule has 1 aliphatic carbocycles. The van der Waals surface area contributed by atoms with E-state index in [0.717, 1.165) is 5.92 Å². The largest absolute Gasteiger partial charge is 0.503 e. The van der Waals surface area contributed by atoms with Crippen molar-refractivity contribution in [2.45, 2.75) is 25.2 Å². The highest BCUT2D eigenvalue weighted by Crippen LogP contribution is 2.28. The predicted octanol–water partition coefficient (Wildman–Crippen LogP) is 3.73. The minimum absolute atomic E-state index is 0.774. The molecular formula is C13H16O3. The van der Waals surface area contributed by atoms with Crippen molar-refractivity contribution in [3.63, 3.8) is 0 Å². The van der Waals surface area contributed by atoms with E-state index in [1.165, 1.54) is 24.8 Å². The van der Waals surface area contributed by atoms with Crippen molar-refractivity contribution in [3.8, 4) is 0 Å². The Hall–Kier alpha value is -1.77. The third-order valence-corrected chi connectivity index (χ3v) is 2.54. The van der Waals surface area contributed by atoms with Crippen LogP contribution in [0, 0.1) is 0 Å². The van der Waals surface area contributed by atoms with E-state index in [1.807, 2.05) is 0 Å². The fourth-order valence-electron chi connectivity index (χ4n) is 1.82. The van der Waals surface area contributed by atoms with Gasteiger partial charge in [0.25, 0.3) is 0 Å². The van der Waals surface area contributed by atoms with Crippen LogP contribution in [0.5, 0.6) is 0 Å². The molecule has 1 aliphatic rings. The number of hydrogen-bond donors (Lipinski definition) is 2. The topological polar surface area (TPSA) is 57.5 Å². The van der Waals surface area contributed by atoms with Crippen molar-refractivity contribution < 1.29 is 15.0 Å². The van der Waals surface area contributed by atoms with Crippen LogP contribution in [0.2, 0.25) is 0 Å². The van der Waals surface area contributed by atoms with Gasteiger partial charge in [0.1, 0.15) is 0 Å². The zero-order valence-electron chi connectivity index (χ0n) is 9.04. The molecule has 0 saturated carbocycles. The molecule has 3 nitrogen and oxygen atoms in total. The second-order valence-corrected chi connectivity index (χ2v) is 3.67. The Morgan fingerprint density at radius 3 is 2.25 bits per heavy atom. The summed E-state index contributed by atoms with van der Waals surface area (Å²) in [6, 6.07) is 10.8. The standard InChI is InChI=1S/C12H14.CH2O3/c1-3-7-11(8-4-1)12-9-5-2-6-10-12;2-1(3)4/h1-5,7-8,12H,6,9-10H2;(H2,2,3,4). The minimum atomic E-state index is -1.83. The number of carbonyl (C=O) groups is 1. The molecular weight excluding hydrogens is 204 g/mol. The number of allylic oxidation sites excluding steroid dienone is 2. The van der Waals surface area contributed by atoms with Gasteiger partial charge in [0.15, 0.2) is 0 Å². The molecule has 0 radical (unpaired) electrons. The lowest BCUT2D eigenvalue weighted by atomic mass is 9.88. The van der Waals surface area contributed by atoms with E-state index < -0.39 is 6.16 Å². The highest BCUT2D eigenvalue weighted by molar-refractivity contribution is 5.53. The Bertz CT molecular complexity index is 339. The smallest absolute Gasteiger partial charge is 0.450 e. The lowest BCUT2D eigenvalue weighted by Crippen LogP contribution is -1.99. The van der Waals surface area contributed by atoms with Crippen LogP contribution in [-0.4, -0.2) is 16.4 Å². The fraction of sp³-hybridized carbons (Fsp3) is 0.308. The summed E-state index contributed by atoms with van der Waals surface area (Å²) >= 11 is 0. The Labute approximate surface area is 95.0 Å². The summed E-state index contributed by atoms with van der Waals surface area (Å²) < 4.78 is 0. The molecule has 1 aromatic carbocycles. The lowest BCUT2D eigenvalue weighted by Gasteiger charge is -2.17. The van der Waals surface area contributed by atoms with E-state index in [4.69, 9.17) is 15.0 Å². The zero-order chi connectivity index (χ0) is 11.8. The minimum Gasteiger partial charge on any atom is -0.450 e. The molecule has 2 N–H and O–H groups in total. The monoisotopic (exact) mass is 220 g/mol. The average molecular weight is 220 g/mol. The maximum Gasteiger partial charge on any atom is 0.503 e. The van der Waals surface area contributed by atoms with Crippen LogP contribution >= 0.6 is 0 Å². The van der Waals surface area contributed by atoms with Crippen molar-refractivity contribution in [2.75, 3.05) is 0 Å². The SMILES string of the molecule is C1=CCC(c2ccccc2)CC1.O=C(O)O. The summed E-state index contributed by atoms with van der Waals surface area (Å²) in [5, 5.41) is 13.9. The molecule has 0 heterocycles. The van der Waals surface area contributed by atoms with E-state index >= 15 is 0 Å². The number of carboxylic acid groups (broad SMARTS) is 2. The van der Waals surface area contributed by atoms with Crippen molar-refractivity contribution in [1.82, 2.24) is 0 Å². The van der Waals surface area contributed by atoms with E-state index in [-0.39, 0.29) is 0 Å². The zero-order valence-corrected chi connectivity index (χ0v) is 9.04. The molecule has 0 aliphatic heterocycles. The molecule has 0 spiro atoms. The van der Waals surface area contributed by atoms with Crippen LogP contribution in [-0.2, 0) is 0 Å². The Morgan fingerprint density at radius 1 is 1.12 bits per heavy atom. The first-order chi connectivity index (χ1) is 7.70. The van der Waals surface area contributed by atoms with Crippen molar-refractivity contribution in [1.29, 1.82) is 0 Å². The molecule has 0 fully saturated rings. The van der Waals surface area contributed by atoms with Gasteiger partial charge in [0.05, 0.1) is 0 Å². The van der Waals surface area contributed by atoms with Crippen LogP contribution in [0.3, 0.4) is 0 Å². The maximum absolute atomic E-state index is 8.56. The molecule has 1 atom stereocenters. The van der Waals surface area contributed by atoms with Gasteiger partial charge in [-0.05, 0) is 30.7 Å². The molecule has 0 saturated heterocycles. The van der Waals surface area contributed by atoms with Gasteiger partial charge >= 0.3 is 6.16 Å². The highest BCUT2D eigenvalue weighted by atomic mass is 16.6. The van der Waals surface area contributed by atoms with E-state index in [9.17, 15) is 0 Å². The van der Waals surface area contributed by atoms with Crippen molar-refractivity contribution in [3.05, 3.63) is 48.0 Å². The van der Waals surface area contributed by atoms with Gasteiger partial charge in [-0.3, -0.25) is 0 Å². The normalized spacial score (nSPS) is 18.4. The summed E-state index contributed by atoms with van der Waals surface area (Å²) in [5.74, 6) is 0.774. The maximum atomic E-state index is 8.56. The lowest BCUT2D eigenvalue weighted by molar-refractivity contribution is 0.137. The Morgan fingerprint density at radius 2 is 1.75 bits per heavy atom. The molecule has 0 bridgehead atoms. The van der Waals surface area contributed by atoms with Gasteiger partial charge in [-0.15, -0.1) is 0 Å². The predicted molar refractivity (Wildman–Crippen MR) is 62.8 cm³/mol. The van der Waals surface area contributed by atoms with Gasteiger partial charge in [0.2, 0.25) is 0 Å². The van der Waals surface area contributed by atoms with Crippen LogP contribution in [0.15, 0.2) is 42.5 Å². The third kappa shape index (κ3) is 4.64. The third-order valence-electron chi connectivity index (χ3n) is 2.54. The van der Waals surface area contributed by atoms with E-state index in [0.29, 0.717) is 0 Å². The second kappa shape index (κ2) is 6.67. The highest BCUT2D eigenvalue weighted by Gasteiger charge is 2.10. The Balaban J connectivity index is 0.000000280. The summed E-state index contributed by atoms with van der Waals surface area (Å²) in [6.45, 7) is 0. The molecule has 86 valence electrons. The number of hydrogen-bond acceptors (Lipinski definition) is 1. The second-order valence-electron chi connectivity index (χ2n) is 3.67. The molecule has 3 heteroatoms. The summed E-state index contributed by atoms with van der Waals surface area (Å²) in [5.41, 5.74) is 1.50. The molecule has 1 aromatic rings. The van der Waals surface area contributed by atoms with Gasteiger partial charge in [-0.25, -0.2) is 4.79 Å². The van der Waals surface area contributed by atoms with Crippen molar-refractivity contribution >= 4 is 6.16 Å². The summed E-state index contributed by atoms with van der Waals surface area (Å²) in [6.07, 6.45) is 6.56. The van der Waals surface area contributed by atoms with E-state index in [2.05, 4.69) is 42.5 Å². The van der Waals surface area contributed by atoms with Gasteiger partial charge in [-0.1, -0.05) is 42.5 Å². The van der Waals surface area contributed by atoms with Gasteiger partial charge in [0, 0.05) is 0 Å². The molecule has 2 rings (SSSR count). The first kappa shape index (κ1) is 12.3. The van der Waals surface area contributed by atoms with Gasteiger partial charge in [-0.2, -0.15) is 0 Å². The van der Waals surface area contributed by atoms with Crippen molar-refractivity contribution in [2.24, 2.45) is 0 Å². The van der Waals surface area contributed by atoms with E-state index in [1.54, 1.807) is 0 Å². The van der Waals surface area contributed by atoms with Crippen LogP contribution in [0.25, 0.3) is 0 Å². The first-order valence-corrected chi connectivity index (χ1v) is 5.32. The fourth-order valence-corrected chi connectivity index (χ4v) is 1.82. The van der Waals surface area contributed by atoms with Crippen LogP contribution < -0.4 is 0 Å².